The lowest BCUT2D eigenvalue weighted by molar-refractivity contribution is 0.174. The van der Waals surface area contributed by atoms with Crippen LogP contribution in [0.3, 0.4) is 0 Å². The molecule has 0 heteroatoms. The smallest absolute Gasteiger partial charge is 0.0181 e. The molecule has 21 heavy (non-hydrogen) atoms. The van der Waals surface area contributed by atoms with Gasteiger partial charge in [-0.1, -0.05) is 68.1 Å². The van der Waals surface area contributed by atoms with Crippen LogP contribution in [-0.2, 0) is 0 Å². The summed E-state index contributed by atoms with van der Waals surface area (Å²) in [5.41, 5.74) is 10.0. The Balaban J connectivity index is 3.02. The summed E-state index contributed by atoms with van der Waals surface area (Å²) in [5, 5.41) is 0. The summed E-state index contributed by atoms with van der Waals surface area (Å²) in [6.45, 7) is 26.5. The van der Waals surface area contributed by atoms with Crippen molar-refractivity contribution < 1.29 is 0 Å². The second-order valence-corrected chi connectivity index (χ2v) is 8.48. The van der Waals surface area contributed by atoms with Crippen LogP contribution in [0.25, 0.3) is 0 Å². The van der Waals surface area contributed by atoms with Gasteiger partial charge in [0.25, 0.3) is 0 Å². The summed E-state index contributed by atoms with van der Waals surface area (Å²) in [5.74, 6) is 0.562. The van der Waals surface area contributed by atoms with E-state index in [1.807, 2.05) is 0 Å². The molecule has 0 aromatic heterocycles. The van der Waals surface area contributed by atoms with E-state index in [1.165, 1.54) is 0 Å². The van der Waals surface area contributed by atoms with Gasteiger partial charge in [-0.2, -0.15) is 0 Å². The number of rotatable bonds is 0. The Morgan fingerprint density at radius 1 is 0.619 bits per heavy atom. The molecule has 0 heterocycles. The number of hydrogen-bond donors (Lipinski definition) is 0. The van der Waals surface area contributed by atoms with Crippen molar-refractivity contribution in [3.63, 3.8) is 0 Å². The molecular weight excluding hydrogens is 252 g/mol. The van der Waals surface area contributed by atoms with E-state index in [0.717, 1.165) is 0 Å². The van der Waals surface area contributed by atoms with Crippen molar-refractivity contribution in [2.75, 3.05) is 0 Å². The summed E-state index contributed by atoms with van der Waals surface area (Å²) in [6, 6.07) is 0. The number of hydrogen-bond acceptors (Lipinski definition) is 0. The quantitative estimate of drug-likeness (QED) is 0.435. The first-order valence-electron chi connectivity index (χ1n) is 8.40. The Bertz CT molecular complexity index is 564. The van der Waals surface area contributed by atoms with Crippen molar-refractivity contribution in [1.82, 2.24) is 0 Å². The molecule has 0 aromatic rings. The fraction of sp³-hybridized carbons (Fsp3) is 0.714. The third-order valence-electron chi connectivity index (χ3n) is 8.48. The van der Waals surface area contributed by atoms with E-state index < -0.39 is 0 Å². The largest absolute Gasteiger partial charge is 0.0698 e. The fourth-order valence-corrected chi connectivity index (χ4v) is 5.30. The van der Waals surface area contributed by atoms with Gasteiger partial charge in [-0.15, -0.1) is 0 Å². The van der Waals surface area contributed by atoms with E-state index in [9.17, 15) is 0 Å². The van der Waals surface area contributed by atoms with Crippen molar-refractivity contribution in [1.29, 1.82) is 0 Å². The molecule has 0 spiro atoms. The Morgan fingerprint density at radius 2 is 1.00 bits per heavy atom. The molecule has 118 valence electrons. The highest BCUT2D eigenvalue weighted by Gasteiger charge is 2.55. The third-order valence-corrected chi connectivity index (χ3v) is 8.48. The molecule has 0 N–H and O–H groups in total. The Kier molecular flexibility index (Phi) is 3.45. The zero-order chi connectivity index (χ0) is 16.5. The standard InChI is InChI=1S/C21H34/c1-12-13(2)19(8,9)21(11)17(6)15(4)20(10,14(12)3)16(5)18(21)7/h14H,1-11H3. The molecule has 0 radical (unpaired) electrons. The zero-order valence-corrected chi connectivity index (χ0v) is 16.1. The molecule has 0 fully saturated rings. The van der Waals surface area contributed by atoms with Crippen LogP contribution in [0.15, 0.2) is 33.4 Å². The second kappa shape index (κ2) is 4.37. The van der Waals surface area contributed by atoms with Crippen molar-refractivity contribution in [2.45, 2.75) is 76.2 Å². The van der Waals surface area contributed by atoms with E-state index in [4.69, 9.17) is 0 Å². The lowest BCUT2D eigenvalue weighted by atomic mass is 9.45. The van der Waals surface area contributed by atoms with Crippen LogP contribution in [0.1, 0.15) is 76.2 Å². The van der Waals surface area contributed by atoms with Crippen molar-refractivity contribution >= 4 is 0 Å². The predicted molar refractivity (Wildman–Crippen MR) is 94.3 cm³/mol. The first kappa shape index (κ1) is 16.6. The molecule has 2 bridgehead atoms. The highest BCUT2D eigenvalue weighted by atomic mass is 14.6. The van der Waals surface area contributed by atoms with Crippen LogP contribution in [0, 0.1) is 22.2 Å². The van der Waals surface area contributed by atoms with Crippen LogP contribution in [0.4, 0.5) is 0 Å². The van der Waals surface area contributed by atoms with Crippen LogP contribution >= 0.6 is 0 Å². The normalized spacial score (nSPS) is 39.9. The van der Waals surface area contributed by atoms with Gasteiger partial charge in [0.1, 0.15) is 0 Å². The van der Waals surface area contributed by atoms with Gasteiger partial charge in [-0.05, 0) is 52.9 Å². The Morgan fingerprint density at radius 3 is 1.38 bits per heavy atom. The molecule has 0 saturated heterocycles. The molecule has 3 aliphatic rings. The molecule has 0 saturated carbocycles. The lowest BCUT2D eigenvalue weighted by Gasteiger charge is -2.58. The monoisotopic (exact) mass is 286 g/mol. The molecule has 0 aliphatic heterocycles. The lowest BCUT2D eigenvalue weighted by Crippen LogP contribution is -2.48. The summed E-state index contributed by atoms with van der Waals surface area (Å²) in [4.78, 5) is 0. The first-order valence-corrected chi connectivity index (χ1v) is 8.40. The van der Waals surface area contributed by atoms with Crippen molar-refractivity contribution in [3.8, 4) is 0 Å². The van der Waals surface area contributed by atoms with Gasteiger partial charge in [-0.3, -0.25) is 0 Å². The van der Waals surface area contributed by atoms with Gasteiger partial charge in [0.15, 0.2) is 0 Å². The molecule has 1 unspecified atom stereocenters. The Hall–Kier alpha value is -0.780. The van der Waals surface area contributed by atoms with Gasteiger partial charge in [0, 0.05) is 10.8 Å². The molecule has 3 rings (SSSR count). The summed E-state index contributed by atoms with van der Waals surface area (Å²) < 4.78 is 0. The maximum Gasteiger partial charge on any atom is 0.0181 e. The van der Waals surface area contributed by atoms with Gasteiger partial charge in [0.05, 0.1) is 0 Å². The van der Waals surface area contributed by atoms with E-state index >= 15 is 0 Å². The first-order chi connectivity index (χ1) is 9.36. The average molecular weight is 287 g/mol. The second-order valence-electron chi connectivity index (χ2n) is 8.48. The Labute approximate surface area is 132 Å². The molecular formula is C21H34. The molecule has 0 aromatic carbocycles. The van der Waals surface area contributed by atoms with Crippen LogP contribution in [0.5, 0.6) is 0 Å². The third kappa shape index (κ3) is 1.57. The minimum absolute atomic E-state index is 0.131. The van der Waals surface area contributed by atoms with Gasteiger partial charge >= 0.3 is 0 Å². The number of allylic oxidation sites excluding steroid dienone is 6. The average Bonchev–Trinajstić information content (AvgIpc) is 2.45. The van der Waals surface area contributed by atoms with Crippen LogP contribution in [0.2, 0.25) is 0 Å². The topological polar surface area (TPSA) is 0 Å². The maximum absolute atomic E-state index is 2.47. The van der Waals surface area contributed by atoms with Crippen LogP contribution < -0.4 is 0 Å². The zero-order valence-electron chi connectivity index (χ0n) is 16.1. The highest BCUT2D eigenvalue weighted by molar-refractivity contribution is 5.52. The minimum atomic E-state index is 0.131. The van der Waals surface area contributed by atoms with E-state index in [-0.39, 0.29) is 16.2 Å². The SMILES string of the molecule is CC1=C(C)C(C)(C)C2(C)C(C)=C(C)C(C)(C(C)=C2C)C1C. The van der Waals surface area contributed by atoms with Crippen molar-refractivity contribution in [3.05, 3.63) is 33.4 Å². The summed E-state index contributed by atoms with van der Waals surface area (Å²) in [6.07, 6.45) is 0. The van der Waals surface area contributed by atoms with E-state index in [1.54, 1.807) is 33.4 Å². The maximum atomic E-state index is 2.47. The summed E-state index contributed by atoms with van der Waals surface area (Å²) in [7, 11) is 0. The molecule has 0 nitrogen and oxygen atoms in total. The van der Waals surface area contributed by atoms with E-state index in [2.05, 4.69) is 76.2 Å². The van der Waals surface area contributed by atoms with Gasteiger partial charge in [-0.25, -0.2) is 0 Å². The molecule has 0 amide bonds. The molecule has 3 aliphatic carbocycles. The number of fused-ring (bicyclic) bond motifs is 2. The van der Waals surface area contributed by atoms with Crippen LogP contribution in [-0.4, -0.2) is 0 Å². The van der Waals surface area contributed by atoms with E-state index in [0.29, 0.717) is 5.92 Å². The van der Waals surface area contributed by atoms with Gasteiger partial charge < -0.3 is 0 Å². The predicted octanol–water partition coefficient (Wildman–Crippen LogP) is 6.70. The van der Waals surface area contributed by atoms with Gasteiger partial charge in [0.2, 0.25) is 0 Å². The minimum Gasteiger partial charge on any atom is -0.0698 e. The summed E-state index contributed by atoms with van der Waals surface area (Å²) >= 11 is 0. The van der Waals surface area contributed by atoms with Crippen molar-refractivity contribution in [2.24, 2.45) is 22.2 Å². The molecule has 1 atom stereocenters. The highest BCUT2D eigenvalue weighted by Crippen LogP contribution is 2.65. The fourth-order valence-electron chi connectivity index (χ4n) is 5.30.